The molecule has 0 radical (unpaired) electrons. The monoisotopic (exact) mass is 350 g/mol. The van der Waals surface area contributed by atoms with Crippen LogP contribution in [0.1, 0.15) is 0 Å². The fourth-order valence-electron chi connectivity index (χ4n) is 0. The van der Waals surface area contributed by atoms with Crippen molar-refractivity contribution in [2.45, 2.75) is 0 Å². The molecule has 0 aromatic carbocycles. The molecule has 3 nitrogen and oxygen atoms in total. The van der Waals surface area contributed by atoms with E-state index >= 15 is 0 Å². The fourth-order valence-corrected chi connectivity index (χ4v) is 0. The Morgan fingerprint density at radius 2 is 0.750 bits per heavy atom. The number of hydrogen-bond acceptors (Lipinski definition) is 3. The van der Waals surface area contributed by atoms with Gasteiger partial charge in [-0.3, -0.25) is 0 Å². The van der Waals surface area contributed by atoms with Gasteiger partial charge in [-0.05, 0) is 0 Å². The van der Waals surface area contributed by atoms with E-state index in [1.165, 1.54) is 0 Å². The van der Waals surface area contributed by atoms with Gasteiger partial charge in [-0.1, -0.05) is 0 Å². The van der Waals surface area contributed by atoms with Crippen LogP contribution in [0.15, 0.2) is 0 Å². The first-order valence-electron chi connectivity index (χ1n) is 0.775. The third-order valence-electron chi connectivity index (χ3n) is 0. The van der Waals surface area contributed by atoms with Crippen molar-refractivity contribution in [2.24, 2.45) is 0 Å². The quantitative estimate of drug-likeness (QED) is 0.524. The van der Waals surface area contributed by atoms with E-state index in [9.17, 15) is 0 Å². The van der Waals surface area contributed by atoms with Crippen molar-refractivity contribution in [3.63, 3.8) is 0 Å². The zero-order valence-electron chi connectivity index (χ0n) is 3.64. The van der Waals surface area contributed by atoms with E-state index in [0.717, 1.165) is 0 Å². The van der Waals surface area contributed by atoms with E-state index in [1.54, 1.807) is 0 Å². The maximum atomic E-state index is 7.17. The van der Waals surface area contributed by atoms with Crippen LogP contribution in [0.3, 0.4) is 0 Å². The van der Waals surface area contributed by atoms with Gasteiger partial charge in [0, 0.05) is 21.7 Å². The molecular weight excluding hydrogens is 346 g/mol. The number of rotatable bonds is 0. The van der Waals surface area contributed by atoms with Gasteiger partial charge in [0.25, 0.3) is 0 Å². The summed E-state index contributed by atoms with van der Waals surface area (Å²) in [6, 6.07) is 0. The van der Waals surface area contributed by atoms with Crippen LogP contribution >= 0.6 is 50.9 Å². The average molecular weight is 352 g/mol. The Kier molecular flexibility index (Phi) is 92.3. The van der Waals surface area contributed by atoms with Crippen molar-refractivity contribution in [1.82, 2.24) is 0 Å². The van der Waals surface area contributed by atoms with Gasteiger partial charge in [-0.25, -0.2) is 0 Å². The second-order valence-electron chi connectivity index (χ2n) is 0.346. The molecule has 52 valence electrons. The van der Waals surface area contributed by atoms with Crippen molar-refractivity contribution in [1.29, 1.82) is 0 Å². The van der Waals surface area contributed by atoms with Crippen molar-refractivity contribution >= 4 is 58.3 Å². The van der Waals surface area contributed by atoms with E-state index in [1.807, 2.05) is 0 Å². The van der Waals surface area contributed by atoms with E-state index in [4.69, 9.17) is 15.1 Å². The normalized spacial score (nSPS) is 3.38. The summed E-state index contributed by atoms with van der Waals surface area (Å²) >= 11 is 0. The molecule has 0 aliphatic carbocycles. The average Bonchev–Trinajstić information content (AvgIpc) is 0.811. The van der Waals surface area contributed by atoms with Crippen LogP contribution in [0.5, 0.6) is 0 Å². The molecule has 0 saturated heterocycles. The Balaban J connectivity index is -0.00000000750. The van der Waals surface area contributed by atoms with E-state index in [2.05, 4.69) is 0 Å². The Labute approximate surface area is 94.2 Å². The molecule has 8 heteroatoms. The molecule has 3 N–H and O–H groups in total. The minimum Gasteiger partial charge on any atom is -0.402 e. The maximum Gasteiger partial charge on any atom is 0.631 e. The molecule has 0 aliphatic rings. The summed E-state index contributed by atoms with van der Waals surface area (Å²) in [6.07, 6.45) is 0. The van der Waals surface area contributed by atoms with Crippen LogP contribution in [-0.2, 0) is 21.7 Å². The SMILES string of the molecule is Br.Br.Br.OB(O)O.[Ti]. The largest absolute Gasteiger partial charge is 0.631 e. The number of hydrogen-bond donors (Lipinski definition) is 3. The van der Waals surface area contributed by atoms with Gasteiger partial charge in [0.05, 0.1) is 0 Å². The van der Waals surface area contributed by atoms with Crippen molar-refractivity contribution in [3.8, 4) is 0 Å². The Morgan fingerprint density at radius 1 is 0.750 bits per heavy atom. The molecule has 0 unspecified atom stereocenters. The van der Waals surface area contributed by atoms with Gasteiger partial charge >= 0.3 is 7.32 Å². The second kappa shape index (κ2) is 23.0. The molecule has 0 aliphatic heterocycles. The first-order chi connectivity index (χ1) is 1.73. The van der Waals surface area contributed by atoms with Gasteiger partial charge in [0.2, 0.25) is 0 Å². The first kappa shape index (κ1) is 32.2. The molecule has 0 amide bonds. The molecule has 0 atom stereocenters. The molecule has 0 fully saturated rings. The molecule has 0 heterocycles. The standard InChI is InChI=1S/BH3O3.3BrH.Ti/c2-1(3)4;;;;/h2-4H;3*1H;. The minimum atomic E-state index is -2.17. The van der Waals surface area contributed by atoms with E-state index in [-0.39, 0.29) is 72.7 Å². The summed E-state index contributed by atoms with van der Waals surface area (Å²) in [4.78, 5) is 0. The zero-order chi connectivity index (χ0) is 3.58. The van der Waals surface area contributed by atoms with Crippen molar-refractivity contribution in [2.75, 3.05) is 0 Å². The molecule has 0 aromatic heterocycles. The fraction of sp³-hybridized carbons (Fsp3) is 0. The van der Waals surface area contributed by atoms with Crippen LogP contribution in [0, 0.1) is 0 Å². The van der Waals surface area contributed by atoms with Gasteiger partial charge in [0.1, 0.15) is 0 Å². The van der Waals surface area contributed by atoms with Crippen LogP contribution in [-0.4, -0.2) is 22.4 Å². The van der Waals surface area contributed by atoms with Gasteiger partial charge in [0.15, 0.2) is 0 Å². The van der Waals surface area contributed by atoms with Crippen molar-refractivity contribution in [3.05, 3.63) is 0 Å². The van der Waals surface area contributed by atoms with Crippen LogP contribution in [0.2, 0.25) is 0 Å². The topological polar surface area (TPSA) is 60.7 Å². The molecule has 0 rings (SSSR count). The molecule has 8 heavy (non-hydrogen) atoms. The second-order valence-corrected chi connectivity index (χ2v) is 0.346. The summed E-state index contributed by atoms with van der Waals surface area (Å²) < 4.78 is 0. The molecule has 0 aromatic rings. The summed E-state index contributed by atoms with van der Waals surface area (Å²) in [5.74, 6) is 0. The third kappa shape index (κ3) is 92.6. The summed E-state index contributed by atoms with van der Waals surface area (Å²) in [7, 11) is -2.17. The number of halogens is 3. The predicted octanol–water partition coefficient (Wildman–Crippen LogP) is -0.321. The van der Waals surface area contributed by atoms with Crippen molar-refractivity contribution < 1.29 is 36.8 Å². The minimum absolute atomic E-state index is 0. The van der Waals surface area contributed by atoms with Gasteiger partial charge in [-0.15, -0.1) is 50.9 Å². The summed E-state index contributed by atoms with van der Waals surface area (Å²) in [5.41, 5.74) is 0. The molecule has 0 saturated carbocycles. The van der Waals surface area contributed by atoms with Crippen LogP contribution in [0.25, 0.3) is 0 Å². The Hall–Kier alpha value is 2.10. The summed E-state index contributed by atoms with van der Waals surface area (Å²) in [6.45, 7) is 0. The first-order valence-corrected chi connectivity index (χ1v) is 0.775. The third-order valence-corrected chi connectivity index (χ3v) is 0. The zero-order valence-corrected chi connectivity index (χ0v) is 10.3. The maximum absolute atomic E-state index is 7.17. The Bertz CT molecular complexity index is 19.2. The van der Waals surface area contributed by atoms with E-state index < -0.39 is 7.32 Å². The Morgan fingerprint density at radius 3 is 0.750 bits per heavy atom. The molecule has 0 spiro atoms. The molecule has 0 bridgehead atoms. The van der Waals surface area contributed by atoms with Crippen LogP contribution < -0.4 is 0 Å². The summed E-state index contributed by atoms with van der Waals surface area (Å²) in [5, 5.41) is 21.5. The van der Waals surface area contributed by atoms with Gasteiger partial charge < -0.3 is 15.1 Å². The van der Waals surface area contributed by atoms with Crippen LogP contribution in [0.4, 0.5) is 0 Å². The molecular formula is H6BBr3O3Ti. The smallest absolute Gasteiger partial charge is 0.402 e. The van der Waals surface area contributed by atoms with Gasteiger partial charge in [-0.2, -0.15) is 0 Å². The predicted molar refractivity (Wildman–Crippen MR) is 43.4 cm³/mol. The van der Waals surface area contributed by atoms with E-state index in [0.29, 0.717) is 0 Å².